The number of benzene rings is 1. The van der Waals surface area contributed by atoms with Gasteiger partial charge in [0, 0.05) is 36.1 Å². The zero-order valence-electron chi connectivity index (χ0n) is 29.5. The van der Waals surface area contributed by atoms with Gasteiger partial charge < -0.3 is 35.1 Å². The molecular formula is C38H51F3N2O7. The number of rotatable bonds is 7. The van der Waals surface area contributed by atoms with E-state index in [1.165, 1.54) is 0 Å². The SMILES string of the molecule is CCOC(=O)CNC(=O)NC/C=C/c1ccc([C@H]2C[C@@]3(C)C(CC[C@@]3(O)C(F)(F)F)C3CC[C@@]4(O)CC5(CCC4=C32)OCC(C)(C)CO5)cc1. The Labute approximate surface area is 292 Å². The Bertz CT molecular complexity index is 1510. The van der Waals surface area contributed by atoms with E-state index in [0.717, 1.165) is 22.3 Å². The molecule has 0 aromatic heterocycles. The largest absolute Gasteiger partial charge is 0.465 e. The molecule has 1 spiro atoms. The maximum absolute atomic E-state index is 14.7. The van der Waals surface area contributed by atoms with Crippen LogP contribution in [0.3, 0.4) is 0 Å². The summed E-state index contributed by atoms with van der Waals surface area (Å²) >= 11 is 0. The number of hydrogen-bond acceptors (Lipinski definition) is 7. The van der Waals surface area contributed by atoms with Crippen LogP contribution in [0.25, 0.3) is 6.08 Å². The molecule has 1 aliphatic heterocycles. The van der Waals surface area contributed by atoms with E-state index in [1.54, 1.807) is 19.9 Å². The molecule has 2 unspecified atom stereocenters. The van der Waals surface area contributed by atoms with E-state index in [4.69, 9.17) is 14.2 Å². The van der Waals surface area contributed by atoms with Crippen molar-refractivity contribution in [2.75, 3.05) is 32.9 Å². The summed E-state index contributed by atoms with van der Waals surface area (Å²) in [6.07, 6.45) is 1.22. The van der Waals surface area contributed by atoms with Crippen molar-refractivity contribution in [3.8, 4) is 0 Å². The number of nitrogens with one attached hydrogen (secondary N) is 2. The fourth-order valence-electron chi connectivity index (χ4n) is 9.64. The molecule has 1 saturated heterocycles. The van der Waals surface area contributed by atoms with E-state index < -0.39 is 46.5 Å². The molecule has 6 atom stereocenters. The molecule has 0 bridgehead atoms. The molecule has 6 rings (SSSR count). The van der Waals surface area contributed by atoms with E-state index in [2.05, 4.69) is 24.5 Å². The van der Waals surface area contributed by atoms with Crippen molar-refractivity contribution in [1.82, 2.24) is 10.6 Å². The minimum absolute atomic E-state index is 0.117. The molecule has 5 aliphatic rings. The van der Waals surface area contributed by atoms with Gasteiger partial charge in [0.25, 0.3) is 0 Å². The number of hydrogen-bond donors (Lipinski definition) is 4. The lowest BCUT2D eigenvalue weighted by molar-refractivity contribution is -0.323. The van der Waals surface area contributed by atoms with Crippen molar-refractivity contribution in [2.45, 2.75) is 108 Å². The van der Waals surface area contributed by atoms with Crippen LogP contribution < -0.4 is 10.6 Å². The first-order chi connectivity index (χ1) is 23.4. The van der Waals surface area contributed by atoms with Crippen LogP contribution in [0.5, 0.6) is 0 Å². The zero-order chi connectivity index (χ0) is 36.2. The van der Waals surface area contributed by atoms with Crippen LogP contribution in [-0.2, 0) is 19.0 Å². The predicted octanol–water partition coefficient (Wildman–Crippen LogP) is 6.15. The number of carbonyl (C=O) groups excluding carboxylic acids is 2. The first kappa shape index (κ1) is 36.8. The highest BCUT2D eigenvalue weighted by Crippen LogP contribution is 2.70. The molecule has 276 valence electrons. The Morgan fingerprint density at radius 3 is 2.38 bits per heavy atom. The van der Waals surface area contributed by atoms with Crippen molar-refractivity contribution in [3.05, 3.63) is 52.6 Å². The summed E-state index contributed by atoms with van der Waals surface area (Å²) in [6.45, 7) is 8.72. The number of ether oxygens (including phenoxy) is 3. The molecule has 2 amide bonds. The fourth-order valence-corrected chi connectivity index (χ4v) is 9.64. The number of urea groups is 1. The van der Waals surface area contributed by atoms with Crippen molar-refractivity contribution in [3.63, 3.8) is 0 Å². The van der Waals surface area contributed by atoms with Crippen molar-refractivity contribution in [1.29, 1.82) is 0 Å². The number of allylic oxidation sites excluding steroid dienone is 1. The lowest BCUT2D eigenvalue weighted by Gasteiger charge is -2.58. The monoisotopic (exact) mass is 704 g/mol. The highest BCUT2D eigenvalue weighted by molar-refractivity contribution is 5.80. The highest BCUT2D eigenvalue weighted by Gasteiger charge is 2.73. The fraction of sp³-hybridized carbons (Fsp3) is 0.684. The first-order valence-electron chi connectivity index (χ1n) is 17.9. The van der Waals surface area contributed by atoms with Crippen molar-refractivity contribution in [2.24, 2.45) is 22.7 Å². The molecule has 50 heavy (non-hydrogen) atoms. The number of alkyl halides is 3. The van der Waals surface area contributed by atoms with Crippen LogP contribution in [0.2, 0.25) is 0 Å². The standard InChI is InChI=1S/C38H51F3N2O7/c1-5-48-30(44)20-43-32(45)42-18-6-7-24-8-10-25(11-9-24)27-19-34(4)28(14-17-37(34,47)38(39,40)41)26-12-15-35(46)21-36(16-13-29(35)31(26)27)49-22-33(2,3)23-50-36/h6-11,26-28,46-47H,5,12-23H2,1-4H3,(H2,42,43,45)/b7-6+/t26?,27-,28?,34+,35-,37+/m1/s1. The Balaban J connectivity index is 1.26. The third-order valence-corrected chi connectivity index (χ3v) is 12.2. The average molecular weight is 705 g/mol. The van der Waals surface area contributed by atoms with Gasteiger partial charge in [0.2, 0.25) is 0 Å². The van der Waals surface area contributed by atoms with E-state index in [-0.39, 0.29) is 56.2 Å². The van der Waals surface area contributed by atoms with Crippen LogP contribution in [-0.4, -0.2) is 78.3 Å². The molecule has 1 aromatic carbocycles. The maximum atomic E-state index is 14.7. The van der Waals surface area contributed by atoms with Gasteiger partial charge in [-0.25, -0.2) is 4.79 Å². The molecule has 1 aromatic rings. The van der Waals surface area contributed by atoms with Gasteiger partial charge in [0.05, 0.1) is 25.4 Å². The first-order valence-corrected chi connectivity index (χ1v) is 17.9. The summed E-state index contributed by atoms with van der Waals surface area (Å²) in [5, 5.41) is 28.8. The topological polar surface area (TPSA) is 126 Å². The second kappa shape index (κ2) is 13.2. The Morgan fingerprint density at radius 1 is 1.02 bits per heavy atom. The smallest absolute Gasteiger partial charge is 0.417 e. The number of halogens is 3. The highest BCUT2D eigenvalue weighted by atomic mass is 19.4. The summed E-state index contributed by atoms with van der Waals surface area (Å²) < 4.78 is 61.4. The Hall–Kier alpha value is -2.93. The minimum atomic E-state index is -4.76. The van der Waals surface area contributed by atoms with Crippen molar-refractivity contribution < 1.29 is 47.2 Å². The van der Waals surface area contributed by atoms with Crippen LogP contribution in [0.15, 0.2) is 41.5 Å². The van der Waals surface area contributed by atoms with E-state index in [0.29, 0.717) is 45.3 Å². The Kier molecular flexibility index (Phi) is 9.76. The van der Waals surface area contributed by atoms with Gasteiger partial charge >= 0.3 is 18.2 Å². The Morgan fingerprint density at radius 2 is 1.72 bits per heavy atom. The van der Waals surface area contributed by atoms with Gasteiger partial charge in [-0.1, -0.05) is 62.8 Å². The van der Waals surface area contributed by atoms with E-state index in [1.807, 2.05) is 30.3 Å². The average Bonchev–Trinajstić information content (AvgIpc) is 3.34. The second-order valence-electron chi connectivity index (χ2n) is 16.1. The van der Waals surface area contributed by atoms with E-state index >= 15 is 0 Å². The molecule has 1 heterocycles. The normalized spacial score (nSPS) is 34.5. The number of amides is 2. The summed E-state index contributed by atoms with van der Waals surface area (Å²) in [4.78, 5) is 23.4. The van der Waals surface area contributed by atoms with Gasteiger partial charge in [-0.05, 0) is 74.0 Å². The molecule has 4 N–H and O–H groups in total. The maximum Gasteiger partial charge on any atom is 0.417 e. The van der Waals surface area contributed by atoms with E-state index in [9.17, 15) is 33.0 Å². The molecule has 0 radical (unpaired) electrons. The molecule has 4 aliphatic carbocycles. The number of aliphatic hydroxyl groups is 2. The number of esters is 1. The summed E-state index contributed by atoms with van der Waals surface area (Å²) in [6, 6.07) is 7.12. The van der Waals surface area contributed by atoms with Crippen LogP contribution in [0, 0.1) is 22.7 Å². The van der Waals surface area contributed by atoms with Crippen molar-refractivity contribution >= 4 is 18.1 Å². The second-order valence-corrected chi connectivity index (χ2v) is 16.1. The summed E-state index contributed by atoms with van der Waals surface area (Å²) in [5.41, 5.74) is -1.86. The van der Waals surface area contributed by atoms with Crippen LogP contribution in [0.4, 0.5) is 18.0 Å². The summed E-state index contributed by atoms with van der Waals surface area (Å²) in [5.74, 6) is -2.37. The van der Waals surface area contributed by atoms with Crippen LogP contribution in [0.1, 0.15) is 96.1 Å². The van der Waals surface area contributed by atoms with Gasteiger partial charge in [-0.15, -0.1) is 0 Å². The zero-order valence-corrected chi connectivity index (χ0v) is 29.5. The van der Waals surface area contributed by atoms with Gasteiger partial charge in [0.15, 0.2) is 11.4 Å². The minimum Gasteiger partial charge on any atom is -0.465 e. The molecule has 9 nitrogen and oxygen atoms in total. The molecule has 3 saturated carbocycles. The van der Waals surface area contributed by atoms with Crippen LogP contribution >= 0.6 is 0 Å². The van der Waals surface area contributed by atoms with Gasteiger partial charge in [0.1, 0.15) is 6.54 Å². The lowest BCUT2D eigenvalue weighted by atomic mass is 9.49. The third kappa shape index (κ3) is 6.61. The number of fused-ring (bicyclic) bond motifs is 4. The van der Waals surface area contributed by atoms with Gasteiger partial charge in [-0.3, -0.25) is 4.79 Å². The third-order valence-electron chi connectivity index (χ3n) is 12.2. The summed E-state index contributed by atoms with van der Waals surface area (Å²) in [7, 11) is 0. The molecule has 4 fully saturated rings. The van der Waals surface area contributed by atoms with Gasteiger partial charge in [-0.2, -0.15) is 13.2 Å². The quantitative estimate of drug-likeness (QED) is 0.198. The number of carbonyl (C=O) groups is 2. The molecule has 12 heteroatoms. The molecular weight excluding hydrogens is 653 g/mol. The lowest BCUT2D eigenvalue weighted by Crippen LogP contribution is -2.60. The predicted molar refractivity (Wildman–Crippen MR) is 180 cm³/mol.